The summed E-state index contributed by atoms with van der Waals surface area (Å²) in [5.41, 5.74) is 2.41. The van der Waals surface area contributed by atoms with Gasteiger partial charge in [-0.25, -0.2) is 9.97 Å². The van der Waals surface area contributed by atoms with Gasteiger partial charge >= 0.3 is 0 Å². The Hall–Kier alpha value is -1.42. The Labute approximate surface area is 122 Å². The summed E-state index contributed by atoms with van der Waals surface area (Å²) in [5.74, 6) is 1.79. The summed E-state index contributed by atoms with van der Waals surface area (Å²) < 4.78 is 0.834. The quantitative estimate of drug-likeness (QED) is 0.788. The third-order valence-corrected chi connectivity index (χ3v) is 3.36. The van der Waals surface area contributed by atoms with Crippen LogP contribution < -0.4 is 4.90 Å². The van der Waals surface area contributed by atoms with Crippen molar-refractivity contribution in [2.75, 3.05) is 11.4 Å². The molecule has 2 rings (SSSR count). The van der Waals surface area contributed by atoms with Crippen molar-refractivity contribution in [2.24, 2.45) is 0 Å². The molecule has 0 saturated carbocycles. The average Bonchev–Trinajstić information content (AvgIpc) is 2.39. The van der Waals surface area contributed by atoms with Crippen LogP contribution in [-0.2, 0) is 6.42 Å². The second-order valence-corrected chi connectivity index (χ2v) is 5.21. The Morgan fingerprint density at radius 1 is 1.16 bits per heavy atom. The summed E-state index contributed by atoms with van der Waals surface area (Å²) in [6.07, 6.45) is 0.831. The highest BCUT2D eigenvalue weighted by molar-refractivity contribution is 9.10. The number of hydrogen-bond acceptors (Lipinski definition) is 3. The summed E-state index contributed by atoms with van der Waals surface area (Å²) in [4.78, 5) is 11.2. The number of aryl methyl sites for hydroxylation is 2. The zero-order valence-electron chi connectivity index (χ0n) is 11.5. The Kier molecular flexibility index (Phi) is 4.53. The van der Waals surface area contributed by atoms with Gasteiger partial charge in [0.05, 0.1) is 0 Å². The Morgan fingerprint density at radius 2 is 1.95 bits per heavy atom. The number of rotatable bonds is 4. The van der Waals surface area contributed by atoms with Crippen LogP contribution in [-0.4, -0.2) is 16.5 Å². The molecule has 0 aliphatic heterocycles. The van der Waals surface area contributed by atoms with E-state index >= 15 is 0 Å². The van der Waals surface area contributed by atoms with E-state index in [1.807, 2.05) is 6.07 Å². The fourth-order valence-electron chi connectivity index (χ4n) is 2.02. The maximum atomic E-state index is 4.61. The van der Waals surface area contributed by atoms with Crippen molar-refractivity contribution in [1.29, 1.82) is 0 Å². The average molecular weight is 320 g/mol. The SMILES string of the molecule is CCc1nc(Br)cc(N(CC)c2cccc(C)c2)n1. The first kappa shape index (κ1) is 14.0. The Morgan fingerprint density at radius 3 is 2.58 bits per heavy atom. The Bertz CT molecular complexity index is 569. The Balaban J connectivity index is 2.44. The van der Waals surface area contributed by atoms with Gasteiger partial charge in [0.2, 0.25) is 0 Å². The van der Waals surface area contributed by atoms with Gasteiger partial charge in [-0.1, -0.05) is 19.1 Å². The fraction of sp³-hybridized carbons (Fsp3) is 0.333. The van der Waals surface area contributed by atoms with E-state index in [9.17, 15) is 0 Å². The fourth-order valence-corrected chi connectivity index (χ4v) is 2.43. The molecule has 100 valence electrons. The largest absolute Gasteiger partial charge is 0.327 e. The molecular weight excluding hydrogens is 302 g/mol. The molecule has 0 amide bonds. The minimum atomic E-state index is 0.831. The lowest BCUT2D eigenvalue weighted by Crippen LogP contribution is -2.18. The molecule has 1 aromatic heterocycles. The number of nitrogens with zero attached hydrogens (tertiary/aromatic N) is 3. The van der Waals surface area contributed by atoms with E-state index in [1.165, 1.54) is 5.56 Å². The highest BCUT2D eigenvalue weighted by Crippen LogP contribution is 2.26. The first-order valence-corrected chi connectivity index (χ1v) is 7.31. The monoisotopic (exact) mass is 319 g/mol. The van der Waals surface area contributed by atoms with Crippen molar-refractivity contribution < 1.29 is 0 Å². The topological polar surface area (TPSA) is 29.0 Å². The maximum absolute atomic E-state index is 4.61. The molecule has 0 radical (unpaired) electrons. The summed E-state index contributed by atoms with van der Waals surface area (Å²) in [7, 11) is 0. The second kappa shape index (κ2) is 6.15. The van der Waals surface area contributed by atoms with Crippen LogP contribution >= 0.6 is 15.9 Å². The van der Waals surface area contributed by atoms with Gasteiger partial charge in [-0.3, -0.25) is 0 Å². The minimum absolute atomic E-state index is 0.831. The van der Waals surface area contributed by atoms with E-state index in [1.54, 1.807) is 0 Å². The lowest BCUT2D eigenvalue weighted by Gasteiger charge is -2.23. The van der Waals surface area contributed by atoms with Crippen molar-refractivity contribution >= 4 is 27.4 Å². The van der Waals surface area contributed by atoms with Crippen molar-refractivity contribution in [3.63, 3.8) is 0 Å². The normalized spacial score (nSPS) is 10.5. The molecule has 0 aliphatic carbocycles. The molecule has 0 N–H and O–H groups in total. The molecule has 1 aromatic carbocycles. The van der Waals surface area contributed by atoms with Gasteiger partial charge in [-0.05, 0) is 47.5 Å². The molecule has 0 fully saturated rings. The smallest absolute Gasteiger partial charge is 0.137 e. The van der Waals surface area contributed by atoms with Gasteiger partial charge in [-0.2, -0.15) is 0 Å². The third-order valence-electron chi connectivity index (χ3n) is 2.95. The van der Waals surface area contributed by atoms with Crippen LogP contribution in [0.5, 0.6) is 0 Å². The van der Waals surface area contributed by atoms with Gasteiger partial charge in [0.25, 0.3) is 0 Å². The van der Waals surface area contributed by atoms with Crippen molar-refractivity contribution in [2.45, 2.75) is 27.2 Å². The predicted molar refractivity (Wildman–Crippen MR) is 83.0 cm³/mol. The van der Waals surface area contributed by atoms with E-state index in [-0.39, 0.29) is 0 Å². The van der Waals surface area contributed by atoms with Crippen LogP contribution in [0.4, 0.5) is 11.5 Å². The number of hydrogen-bond donors (Lipinski definition) is 0. The van der Waals surface area contributed by atoms with Gasteiger partial charge in [0.15, 0.2) is 0 Å². The third kappa shape index (κ3) is 3.32. The molecule has 3 nitrogen and oxygen atoms in total. The van der Waals surface area contributed by atoms with E-state index in [2.05, 4.69) is 75.8 Å². The van der Waals surface area contributed by atoms with E-state index < -0.39 is 0 Å². The molecule has 0 saturated heterocycles. The molecule has 0 aliphatic rings. The number of halogens is 1. The molecule has 2 aromatic rings. The zero-order chi connectivity index (χ0) is 13.8. The summed E-state index contributed by atoms with van der Waals surface area (Å²) >= 11 is 3.46. The van der Waals surface area contributed by atoms with E-state index in [4.69, 9.17) is 0 Å². The van der Waals surface area contributed by atoms with Crippen LogP contribution in [0.25, 0.3) is 0 Å². The first-order valence-electron chi connectivity index (χ1n) is 6.51. The van der Waals surface area contributed by atoms with E-state index in [0.717, 1.165) is 34.9 Å². The van der Waals surface area contributed by atoms with Crippen molar-refractivity contribution in [3.05, 3.63) is 46.3 Å². The number of aromatic nitrogens is 2. The highest BCUT2D eigenvalue weighted by atomic mass is 79.9. The van der Waals surface area contributed by atoms with Crippen molar-refractivity contribution in [1.82, 2.24) is 9.97 Å². The highest BCUT2D eigenvalue weighted by Gasteiger charge is 2.11. The summed E-state index contributed by atoms with van der Waals surface area (Å²) in [5, 5.41) is 0. The first-order chi connectivity index (χ1) is 9.13. The van der Waals surface area contributed by atoms with Crippen LogP contribution in [0.15, 0.2) is 34.9 Å². The number of anilines is 2. The number of benzene rings is 1. The molecular formula is C15H18BrN3. The van der Waals surface area contributed by atoms with Crippen LogP contribution in [0, 0.1) is 6.92 Å². The second-order valence-electron chi connectivity index (χ2n) is 4.40. The molecule has 4 heteroatoms. The van der Waals surface area contributed by atoms with Gasteiger partial charge < -0.3 is 4.90 Å². The molecule has 0 bridgehead atoms. The summed E-state index contributed by atoms with van der Waals surface area (Å²) in [6, 6.07) is 10.4. The van der Waals surface area contributed by atoms with Gasteiger partial charge in [0.1, 0.15) is 16.2 Å². The van der Waals surface area contributed by atoms with Gasteiger partial charge in [0, 0.05) is 24.7 Å². The lowest BCUT2D eigenvalue weighted by atomic mass is 10.2. The predicted octanol–water partition coefficient (Wildman–Crippen LogP) is 4.27. The molecule has 0 spiro atoms. The van der Waals surface area contributed by atoms with Crippen molar-refractivity contribution in [3.8, 4) is 0 Å². The molecule has 0 unspecified atom stereocenters. The lowest BCUT2D eigenvalue weighted by molar-refractivity contribution is 0.894. The zero-order valence-corrected chi connectivity index (χ0v) is 13.1. The maximum Gasteiger partial charge on any atom is 0.137 e. The minimum Gasteiger partial charge on any atom is -0.327 e. The van der Waals surface area contributed by atoms with Crippen LogP contribution in [0.1, 0.15) is 25.2 Å². The summed E-state index contributed by atoms with van der Waals surface area (Å²) in [6.45, 7) is 7.17. The standard InChI is InChI=1S/C15H18BrN3/c1-4-14-17-13(16)10-15(18-14)19(5-2)12-8-6-7-11(3)9-12/h6-10H,4-5H2,1-3H3. The van der Waals surface area contributed by atoms with E-state index in [0.29, 0.717) is 0 Å². The molecule has 1 heterocycles. The molecule has 0 atom stereocenters. The van der Waals surface area contributed by atoms with Gasteiger partial charge in [-0.15, -0.1) is 0 Å². The van der Waals surface area contributed by atoms with Crippen LogP contribution in [0.3, 0.4) is 0 Å². The molecule has 19 heavy (non-hydrogen) atoms. The van der Waals surface area contributed by atoms with Crippen LogP contribution in [0.2, 0.25) is 0 Å².